The molecule has 0 aromatic rings. The van der Waals surface area contributed by atoms with Gasteiger partial charge in [-0.2, -0.15) is 5.26 Å². The van der Waals surface area contributed by atoms with Crippen LogP contribution in [0.25, 0.3) is 0 Å². The third kappa shape index (κ3) is 4.71. The van der Waals surface area contributed by atoms with E-state index >= 15 is 0 Å². The van der Waals surface area contributed by atoms with Gasteiger partial charge < -0.3 is 14.4 Å². The molecule has 0 bridgehead atoms. The Morgan fingerprint density at radius 3 is 2.68 bits per heavy atom. The minimum atomic E-state index is -0.489. The quantitative estimate of drug-likeness (QED) is 0.789. The van der Waals surface area contributed by atoms with E-state index in [0.29, 0.717) is 13.1 Å². The van der Waals surface area contributed by atoms with Crippen LogP contribution in [-0.4, -0.2) is 41.9 Å². The molecular weight excluding hydrogens is 244 g/mol. The number of hydrogen-bond acceptors (Lipinski definition) is 4. The highest BCUT2D eigenvalue weighted by Crippen LogP contribution is 2.29. The molecule has 1 heterocycles. The first-order valence-electron chi connectivity index (χ1n) is 6.81. The molecule has 0 N–H and O–H groups in total. The van der Waals surface area contributed by atoms with Crippen molar-refractivity contribution in [1.29, 1.82) is 5.26 Å². The van der Waals surface area contributed by atoms with Crippen LogP contribution in [-0.2, 0) is 9.47 Å². The van der Waals surface area contributed by atoms with Crippen LogP contribution in [0.3, 0.4) is 0 Å². The van der Waals surface area contributed by atoms with Crippen molar-refractivity contribution in [3.05, 3.63) is 0 Å². The van der Waals surface area contributed by atoms with Gasteiger partial charge in [0.05, 0.1) is 18.2 Å². The molecule has 0 aromatic heterocycles. The molecule has 0 saturated carbocycles. The maximum atomic E-state index is 12.1. The highest BCUT2D eigenvalue weighted by Gasteiger charge is 2.38. The molecule has 1 rings (SSSR count). The third-order valence-electron chi connectivity index (χ3n) is 3.28. The fraction of sp³-hybridized carbons (Fsp3) is 0.857. The highest BCUT2D eigenvalue weighted by atomic mass is 16.6. The standard InChI is InChI=1S/C14H24N2O3/c1-5-14(18-10-8-15)7-6-9-16(11-14)12(17)19-13(2,3)4/h5-7,9-11H2,1-4H3. The Hall–Kier alpha value is -1.28. The molecule has 5 nitrogen and oxygen atoms in total. The summed E-state index contributed by atoms with van der Waals surface area (Å²) in [5.74, 6) is 0. The molecule has 0 radical (unpaired) electrons. The molecule has 108 valence electrons. The van der Waals surface area contributed by atoms with Gasteiger partial charge in [-0.15, -0.1) is 0 Å². The molecule has 1 aliphatic rings. The number of ether oxygens (including phenoxy) is 2. The SMILES string of the molecule is CCC1(OCC#N)CCCN(C(=O)OC(C)(C)C)C1. The second-order valence-corrected chi connectivity index (χ2v) is 5.99. The number of amides is 1. The number of rotatable bonds is 3. The Balaban J connectivity index is 2.67. The zero-order valence-corrected chi connectivity index (χ0v) is 12.4. The lowest BCUT2D eigenvalue weighted by Gasteiger charge is -2.41. The fourth-order valence-electron chi connectivity index (χ4n) is 2.27. The van der Waals surface area contributed by atoms with Crippen molar-refractivity contribution in [2.75, 3.05) is 19.7 Å². The van der Waals surface area contributed by atoms with Crippen LogP contribution in [0.1, 0.15) is 47.0 Å². The summed E-state index contributed by atoms with van der Waals surface area (Å²) < 4.78 is 11.1. The zero-order chi connectivity index (χ0) is 14.5. The minimum Gasteiger partial charge on any atom is -0.444 e. The Kier molecular flexibility index (Phi) is 5.19. The first kappa shape index (κ1) is 15.8. The fourth-order valence-corrected chi connectivity index (χ4v) is 2.27. The van der Waals surface area contributed by atoms with Crippen LogP contribution in [0, 0.1) is 11.3 Å². The Morgan fingerprint density at radius 2 is 2.16 bits per heavy atom. The van der Waals surface area contributed by atoms with E-state index in [1.54, 1.807) is 4.90 Å². The van der Waals surface area contributed by atoms with E-state index in [9.17, 15) is 4.79 Å². The molecular formula is C14H24N2O3. The van der Waals surface area contributed by atoms with Crippen LogP contribution < -0.4 is 0 Å². The summed E-state index contributed by atoms with van der Waals surface area (Å²) in [7, 11) is 0. The predicted octanol–water partition coefficient (Wildman–Crippen LogP) is 2.71. The van der Waals surface area contributed by atoms with E-state index in [0.717, 1.165) is 19.3 Å². The van der Waals surface area contributed by atoms with Crippen molar-refractivity contribution >= 4 is 6.09 Å². The first-order valence-corrected chi connectivity index (χ1v) is 6.81. The molecule has 1 fully saturated rings. The Morgan fingerprint density at radius 1 is 1.47 bits per heavy atom. The van der Waals surface area contributed by atoms with E-state index in [1.807, 2.05) is 33.8 Å². The number of likely N-dealkylation sites (tertiary alicyclic amines) is 1. The number of hydrogen-bond donors (Lipinski definition) is 0. The lowest BCUT2D eigenvalue weighted by molar-refractivity contribution is -0.0823. The van der Waals surface area contributed by atoms with Gasteiger partial charge in [-0.05, 0) is 40.0 Å². The first-order chi connectivity index (χ1) is 8.82. The summed E-state index contributed by atoms with van der Waals surface area (Å²) in [6.45, 7) is 8.84. The maximum absolute atomic E-state index is 12.1. The number of carbonyl (C=O) groups excluding carboxylic acids is 1. The second-order valence-electron chi connectivity index (χ2n) is 5.99. The van der Waals surface area contributed by atoms with E-state index < -0.39 is 11.2 Å². The number of nitrogens with zero attached hydrogens (tertiary/aromatic N) is 2. The topological polar surface area (TPSA) is 62.6 Å². The molecule has 5 heteroatoms. The lowest BCUT2D eigenvalue weighted by atomic mass is 9.90. The maximum Gasteiger partial charge on any atom is 0.410 e. The zero-order valence-electron chi connectivity index (χ0n) is 12.4. The normalized spacial score (nSPS) is 23.8. The third-order valence-corrected chi connectivity index (χ3v) is 3.28. The van der Waals surface area contributed by atoms with Gasteiger partial charge in [0.2, 0.25) is 0 Å². The molecule has 0 spiro atoms. The van der Waals surface area contributed by atoms with Crippen LogP contribution >= 0.6 is 0 Å². The number of piperidine rings is 1. The predicted molar refractivity (Wildman–Crippen MR) is 71.6 cm³/mol. The monoisotopic (exact) mass is 268 g/mol. The van der Waals surface area contributed by atoms with Crippen LogP contribution in [0.5, 0.6) is 0 Å². The molecule has 1 saturated heterocycles. The molecule has 19 heavy (non-hydrogen) atoms. The van der Waals surface area contributed by atoms with Gasteiger partial charge in [0.25, 0.3) is 0 Å². The van der Waals surface area contributed by atoms with Crippen molar-refractivity contribution in [2.24, 2.45) is 0 Å². The Labute approximate surface area is 115 Å². The summed E-state index contributed by atoms with van der Waals surface area (Å²) >= 11 is 0. The molecule has 0 aliphatic carbocycles. The minimum absolute atomic E-state index is 0.0655. The molecule has 1 amide bonds. The number of nitriles is 1. The van der Waals surface area contributed by atoms with Crippen molar-refractivity contribution in [3.8, 4) is 6.07 Å². The van der Waals surface area contributed by atoms with Crippen molar-refractivity contribution < 1.29 is 14.3 Å². The summed E-state index contributed by atoms with van der Waals surface area (Å²) in [5, 5.41) is 8.65. The van der Waals surface area contributed by atoms with Crippen LogP contribution in [0.4, 0.5) is 4.79 Å². The van der Waals surface area contributed by atoms with Gasteiger partial charge in [-0.3, -0.25) is 0 Å². The van der Waals surface area contributed by atoms with Crippen LogP contribution in [0.2, 0.25) is 0 Å². The molecule has 0 aromatic carbocycles. The summed E-state index contributed by atoms with van der Waals surface area (Å²) in [6, 6.07) is 2.00. The summed E-state index contributed by atoms with van der Waals surface area (Å²) in [6.07, 6.45) is 2.24. The van der Waals surface area contributed by atoms with Gasteiger partial charge in [0, 0.05) is 6.54 Å². The average molecular weight is 268 g/mol. The lowest BCUT2D eigenvalue weighted by Crippen LogP contribution is -2.52. The van der Waals surface area contributed by atoms with E-state index in [-0.39, 0.29) is 12.7 Å². The van der Waals surface area contributed by atoms with Crippen molar-refractivity contribution in [1.82, 2.24) is 4.90 Å². The average Bonchev–Trinajstić information content (AvgIpc) is 2.34. The van der Waals surface area contributed by atoms with Gasteiger partial charge >= 0.3 is 6.09 Å². The Bertz CT molecular complexity index is 357. The highest BCUT2D eigenvalue weighted by molar-refractivity contribution is 5.68. The molecule has 1 aliphatic heterocycles. The summed E-state index contributed by atoms with van der Waals surface area (Å²) in [4.78, 5) is 13.8. The van der Waals surface area contributed by atoms with Gasteiger partial charge in [0.1, 0.15) is 12.2 Å². The van der Waals surface area contributed by atoms with Crippen molar-refractivity contribution in [2.45, 2.75) is 58.2 Å². The number of carbonyl (C=O) groups is 1. The van der Waals surface area contributed by atoms with E-state index in [1.165, 1.54) is 0 Å². The van der Waals surface area contributed by atoms with Gasteiger partial charge in [-0.25, -0.2) is 4.79 Å². The van der Waals surface area contributed by atoms with Crippen LogP contribution in [0.15, 0.2) is 0 Å². The molecule has 1 unspecified atom stereocenters. The van der Waals surface area contributed by atoms with E-state index in [4.69, 9.17) is 14.7 Å². The van der Waals surface area contributed by atoms with E-state index in [2.05, 4.69) is 0 Å². The summed E-state index contributed by atoms with van der Waals surface area (Å²) in [5.41, 5.74) is -0.887. The smallest absolute Gasteiger partial charge is 0.410 e. The molecule has 1 atom stereocenters. The van der Waals surface area contributed by atoms with Crippen molar-refractivity contribution in [3.63, 3.8) is 0 Å². The second kappa shape index (κ2) is 6.25. The van der Waals surface area contributed by atoms with Gasteiger partial charge in [0.15, 0.2) is 0 Å². The largest absolute Gasteiger partial charge is 0.444 e. The van der Waals surface area contributed by atoms with Gasteiger partial charge in [-0.1, -0.05) is 6.92 Å².